The van der Waals surface area contributed by atoms with Crippen LogP contribution in [0.2, 0.25) is 5.02 Å². The molecule has 0 saturated carbocycles. The van der Waals surface area contributed by atoms with Crippen LogP contribution in [-0.2, 0) is 11.3 Å². The topological polar surface area (TPSA) is 81.3 Å². The van der Waals surface area contributed by atoms with Crippen LogP contribution in [0.4, 0.5) is 5.82 Å². The number of carbonyl (C=O) groups excluding carboxylic acids is 1. The molecule has 0 N–H and O–H groups in total. The van der Waals surface area contributed by atoms with Gasteiger partial charge in [-0.05, 0) is 37.1 Å². The predicted molar refractivity (Wildman–Crippen MR) is 117 cm³/mol. The number of benzene rings is 2. The van der Waals surface area contributed by atoms with Crippen LogP contribution < -0.4 is 4.90 Å². The summed E-state index contributed by atoms with van der Waals surface area (Å²) in [5.41, 5.74) is 1.92. The first-order chi connectivity index (χ1) is 15.2. The summed E-state index contributed by atoms with van der Waals surface area (Å²) in [5.74, 6) is 0.733. The average molecular weight is 435 g/mol. The molecule has 0 aliphatic carbocycles. The summed E-state index contributed by atoms with van der Waals surface area (Å²) in [6.07, 6.45) is 2.16. The summed E-state index contributed by atoms with van der Waals surface area (Å²) in [6.45, 7) is 1.63. The third-order valence-corrected chi connectivity index (χ3v) is 5.56. The van der Waals surface area contributed by atoms with E-state index in [1.807, 2.05) is 42.5 Å². The smallest absolute Gasteiger partial charge is 0.342 e. The molecule has 0 bridgehead atoms. The van der Waals surface area contributed by atoms with Gasteiger partial charge in [-0.1, -0.05) is 47.1 Å². The number of ether oxygens (including phenoxy) is 1. The molecule has 0 atom stereocenters. The Morgan fingerprint density at radius 1 is 1.06 bits per heavy atom. The summed E-state index contributed by atoms with van der Waals surface area (Å²) in [6, 6.07) is 16.8. The number of halogens is 1. The Morgan fingerprint density at radius 2 is 1.84 bits per heavy atom. The van der Waals surface area contributed by atoms with Gasteiger partial charge in [0.25, 0.3) is 5.89 Å². The molecule has 2 aromatic heterocycles. The first kappa shape index (κ1) is 19.5. The Bertz CT molecular complexity index is 1250. The number of carbonyl (C=O) groups is 1. The zero-order chi connectivity index (χ0) is 21.2. The van der Waals surface area contributed by atoms with Crippen molar-refractivity contribution < 1.29 is 14.1 Å². The Kier molecular flexibility index (Phi) is 5.26. The predicted octanol–water partition coefficient (Wildman–Crippen LogP) is 4.90. The summed E-state index contributed by atoms with van der Waals surface area (Å²) in [5, 5.41) is 5.29. The zero-order valence-electron chi connectivity index (χ0n) is 16.6. The van der Waals surface area contributed by atoms with Gasteiger partial charge in [-0.15, -0.1) is 0 Å². The molecule has 0 radical (unpaired) electrons. The summed E-state index contributed by atoms with van der Waals surface area (Å²) < 4.78 is 10.8. The van der Waals surface area contributed by atoms with Gasteiger partial charge in [-0.3, -0.25) is 0 Å². The number of aromatic nitrogens is 3. The molecule has 3 heterocycles. The number of rotatable bonds is 5. The van der Waals surface area contributed by atoms with Crippen molar-refractivity contribution in [2.45, 2.75) is 19.4 Å². The number of esters is 1. The van der Waals surface area contributed by atoms with Gasteiger partial charge < -0.3 is 14.2 Å². The van der Waals surface area contributed by atoms with E-state index in [-0.39, 0.29) is 18.3 Å². The third kappa shape index (κ3) is 3.96. The molecular formula is C23H19ClN4O3. The van der Waals surface area contributed by atoms with Gasteiger partial charge in [0.15, 0.2) is 6.61 Å². The van der Waals surface area contributed by atoms with Gasteiger partial charge in [0.1, 0.15) is 11.4 Å². The van der Waals surface area contributed by atoms with Gasteiger partial charge >= 0.3 is 5.97 Å². The van der Waals surface area contributed by atoms with Gasteiger partial charge in [0.05, 0.1) is 16.1 Å². The molecule has 5 rings (SSSR count). The quantitative estimate of drug-likeness (QED) is 0.413. The summed E-state index contributed by atoms with van der Waals surface area (Å²) >= 11 is 6.18. The van der Waals surface area contributed by atoms with Crippen LogP contribution in [0.5, 0.6) is 0 Å². The Hall–Kier alpha value is -3.45. The second-order valence-corrected chi connectivity index (χ2v) is 7.73. The first-order valence-electron chi connectivity index (χ1n) is 10.1. The highest BCUT2D eigenvalue weighted by Gasteiger charge is 2.23. The lowest BCUT2D eigenvalue weighted by Gasteiger charge is -2.20. The molecule has 1 aliphatic heterocycles. The monoisotopic (exact) mass is 434 g/mol. The van der Waals surface area contributed by atoms with E-state index in [1.165, 1.54) is 0 Å². The first-order valence-corrected chi connectivity index (χ1v) is 10.5. The minimum Gasteiger partial charge on any atom is -0.454 e. The second-order valence-electron chi connectivity index (χ2n) is 7.32. The SMILES string of the molecule is O=C(OCc1noc(-c2ccccc2Cl)n1)c1cc2ccccc2nc1N1CCCC1. The normalized spacial score (nSPS) is 13.6. The number of nitrogens with zero attached hydrogens (tertiary/aromatic N) is 4. The second kappa shape index (κ2) is 8.35. The number of hydrogen-bond acceptors (Lipinski definition) is 7. The molecule has 2 aromatic carbocycles. The fourth-order valence-electron chi connectivity index (χ4n) is 3.69. The van der Waals surface area contributed by atoms with Crippen molar-refractivity contribution in [1.82, 2.24) is 15.1 Å². The van der Waals surface area contributed by atoms with Crippen LogP contribution in [0, 0.1) is 0 Å². The standard InChI is InChI=1S/C23H19ClN4O3/c24-18-9-3-2-8-16(18)22-26-20(27-31-22)14-30-23(29)17-13-15-7-1-4-10-19(15)25-21(17)28-11-5-6-12-28/h1-4,7-10,13H,5-6,11-12,14H2. The van der Waals surface area contributed by atoms with E-state index in [0.717, 1.165) is 36.8 Å². The number of para-hydroxylation sites is 1. The number of hydrogen-bond donors (Lipinski definition) is 0. The van der Waals surface area contributed by atoms with E-state index in [4.69, 9.17) is 25.8 Å². The Labute approximate surface area is 183 Å². The van der Waals surface area contributed by atoms with Gasteiger partial charge in [0, 0.05) is 18.5 Å². The van der Waals surface area contributed by atoms with E-state index >= 15 is 0 Å². The molecule has 1 saturated heterocycles. The van der Waals surface area contributed by atoms with Crippen molar-refractivity contribution in [3.05, 3.63) is 71.0 Å². The number of fused-ring (bicyclic) bond motifs is 1. The van der Waals surface area contributed by atoms with E-state index in [0.29, 0.717) is 22.0 Å². The van der Waals surface area contributed by atoms with Gasteiger partial charge in [-0.25, -0.2) is 9.78 Å². The van der Waals surface area contributed by atoms with Crippen LogP contribution in [0.1, 0.15) is 29.0 Å². The molecule has 0 amide bonds. The maximum atomic E-state index is 13.0. The van der Waals surface area contributed by atoms with Crippen molar-refractivity contribution in [2.75, 3.05) is 18.0 Å². The van der Waals surface area contributed by atoms with Crippen molar-refractivity contribution in [3.8, 4) is 11.5 Å². The van der Waals surface area contributed by atoms with E-state index < -0.39 is 5.97 Å². The van der Waals surface area contributed by atoms with Crippen LogP contribution in [0.25, 0.3) is 22.4 Å². The largest absolute Gasteiger partial charge is 0.454 e. The van der Waals surface area contributed by atoms with Crippen LogP contribution >= 0.6 is 11.6 Å². The molecule has 0 unspecified atom stereocenters. The molecule has 1 fully saturated rings. The molecule has 156 valence electrons. The van der Waals surface area contributed by atoms with E-state index in [1.54, 1.807) is 12.1 Å². The average Bonchev–Trinajstić information content (AvgIpc) is 3.49. The Balaban J connectivity index is 1.38. The lowest BCUT2D eigenvalue weighted by atomic mass is 10.1. The minimum atomic E-state index is -0.468. The highest BCUT2D eigenvalue weighted by atomic mass is 35.5. The molecule has 1 aliphatic rings. The van der Waals surface area contributed by atoms with Crippen molar-refractivity contribution in [1.29, 1.82) is 0 Å². The van der Waals surface area contributed by atoms with Gasteiger partial charge in [-0.2, -0.15) is 4.98 Å². The summed E-state index contributed by atoms with van der Waals surface area (Å²) in [4.78, 5) is 24.1. The highest BCUT2D eigenvalue weighted by Crippen LogP contribution is 2.28. The van der Waals surface area contributed by atoms with Crippen LogP contribution in [0.15, 0.2) is 59.1 Å². The van der Waals surface area contributed by atoms with E-state index in [2.05, 4.69) is 15.0 Å². The highest BCUT2D eigenvalue weighted by molar-refractivity contribution is 6.33. The maximum absolute atomic E-state index is 13.0. The lowest BCUT2D eigenvalue weighted by Crippen LogP contribution is -2.23. The molecule has 4 aromatic rings. The third-order valence-electron chi connectivity index (χ3n) is 5.23. The van der Waals surface area contributed by atoms with Crippen LogP contribution in [0.3, 0.4) is 0 Å². The molecule has 0 spiro atoms. The summed E-state index contributed by atoms with van der Waals surface area (Å²) in [7, 11) is 0. The van der Waals surface area contributed by atoms with Crippen LogP contribution in [-0.4, -0.2) is 34.2 Å². The van der Waals surface area contributed by atoms with Gasteiger partial charge in [0.2, 0.25) is 5.82 Å². The van der Waals surface area contributed by atoms with Crippen molar-refractivity contribution in [2.24, 2.45) is 0 Å². The Morgan fingerprint density at radius 3 is 2.68 bits per heavy atom. The molecular weight excluding hydrogens is 416 g/mol. The number of pyridine rings is 1. The van der Waals surface area contributed by atoms with Crippen molar-refractivity contribution >= 4 is 34.3 Å². The lowest BCUT2D eigenvalue weighted by molar-refractivity contribution is 0.0460. The van der Waals surface area contributed by atoms with Crippen molar-refractivity contribution in [3.63, 3.8) is 0 Å². The molecule has 31 heavy (non-hydrogen) atoms. The fourth-order valence-corrected chi connectivity index (χ4v) is 3.91. The molecule has 8 heteroatoms. The maximum Gasteiger partial charge on any atom is 0.342 e. The molecule has 7 nitrogen and oxygen atoms in total. The number of anilines is 1. The minimum absolute atomic E-state index is 0.112. The van der Waals surface area contributed by atoms with E-state index in [9.17, 15) is 4.79 Å². The zero-order valence-corrected chi connectivity index (χ0v) is 17.4. The fraction of sp³-hybridized carbons (Fsp3) is 0.217.